The number of hydrogen-bond acceptors (Lipinski definition) is 7. The zero-order chi connectivity index (χ0) is 24.1. The summed E-state index contributed by atoms with van der Waals surface area (Å²) in [7, 11) is 3.17. The van der Waals surface area contributed by atoms with Crippen LogP contribution in [0.2, 0.25) is 0 Å². The van der Waals surface area contributed by atoms with Crippen molar-refractivity contribution in [1.29, 1.82) is 5.26 Å². The van der Waals surface area contributed by atoms with Crippen LogP contribution >= 0.6 is 0 Å². The molecule has 0 radical (unpaired) electrons. The molecule has 174 valence electrons. The van der Waals surface area contributed by atoms with Crippen LogP contribution in [0.5, 0.6) is 11.5 Å². The van der Waals surface area contributed by atoms with E-state index in [1.807, 2.05) is 65.3 Å². The lowest BCUT2D eigenvalue weighted by Gasteiger charge is -2.34. The van der Waals surface area contributed by atoms with Crippen molar-refractivity contribution in [2.24, 2.45) is 0 Å². The third kappa shape index (κ3) is 4.74. The molecule has 4 rings (SSSR count). The smallest absolute Gasteiger partial charge is 0.254 e. The van der Waals surface area contributed by atoms with E-state index in [1.165, 1.54) is 0 Å². The Labute approximate surface area is 198 Å². The van der Waals surface area contributed by atoms with Crippen molar-refractivity contribution in [3.05, 3.63) is 70.7 Å². The van der Waals surface area contributed by atoms with Gasteiger partial charge in [0.05, 0.1) is 14.2 Å². The van der Waals surface area contributed by atoms with Gasteiger partial charge >= 0.3 is 0 Å². The maximum Gasteiger partial charge on any atom is 0.254 e. The molecular weight excluding hydrogens is 432 g/mol. The molecular formula is C26H26N4O4. The highest BCUT2D eigenvalue weighted by atomic mass is 16.5. The molecule has 0 saturated carbocycles. The Morgan fingerprint density at radius 2 is 1.79 bits per heavy atom. The van der Waals surface area contributed by atoms with Gasteiger partial charge in [-0.25, -0.2) is 0 Å². The number of ether oxygens (including phenoxy) is 2. The Kier molecular flexibility index (Phi) is 6.83. The Morgan fingerprint density at radius 3 is 2.47 bits per heavy atom. The predicted molar refractivity (Wildman–Crippen MR) is 129 cm³/mol. The molecule has 0 bridgehead atoms. The summed E-state index contributed by atoms with van der Waals surface area (Å²) in [6, 6.07) is 15.3. The third-order valence-electron chi connectivity index (χ3n) is 5.79. The number of benzene rings is 2. The van der Waals surface area contributed by atoms with Crippen LogP contribution in [0.25, 0.3) is 12.2 Å². The zero-order valence-electron chi connectivity index (χ0n) is 19.4. The Balaban J connectivity index is 1.45. The van der Waals surface area contributed by atoms with Gasteiger partial charge in [0.2, 0.25) is 17.5 Å². The minimum atomic E-state index is 0.0226. The van der Waals surface area contributed by atoms with E-state index >= 15 is 0 Å². The number of rotatable bonds is 6. The summed E-state index contributed by atoms with van der Waals surface area (Å²) in [6.07, 6.45) is 3.54. The van der Waals surface area contributed by atoms with E-state index in [1.54, 1.807) is 20.3 Å². The highest BCUT2D eigenvalue weighted by Crippen LogP contribution is 2.29. The van der Waals surface area contributed by atoms with Gasteiger partial charge in [-0.3, -0.25) is 4.79 Å². The van der Waals surface area contributed by atoms with E-state index in [4.69, 9.17) is 13.9 Å². The normalized spacial score (nSPS) is 13.7. The molecule has 0 aliphatic carbocycles. The monoisotopic (exact) mass is 458 g/mol. The van der Waals surface area contributed by atoms with Gasteiger partial charge in [0.25, 0.3) is 5.91 Å². The van der Waals surface area contributed by atoms with Crippen LogP contribution in [0.15, 0.2) is 46.9 Å². The molecule has 3 aromatic rings. The lowest BCUT2D eigenvalue weighted by atomic mass is 10.1. The fourth-order valence-corrected chi connectivity index (χ4v) is 3.91. The van der Waals surface area contributed by atoms with Gasteiger partial charge in [-0.2, -0.15) is 10.2 Å². The fraction of sp³-hybridized carbons (Fsp3) is 0.269. The van der Waals surface area contributed by atoms with Crippen molar-refractivity contribution < 1.29 is 18.7 Å². The molecule has 8 heteroatoms. The van der Waals surface area contributed by atoms with Gasteiger partial charge in [0, 0.05) is 37.8 Å². The summed E-state index contributed by atoms with van der Waals surface area (Å²) < 4.78 is 16.5. The number of aryl methyl sites for hydroxylation is 1. The molecule has 8 nitrogen and oxygen atoms in total. The topological polar surface area (TPSA) is 91.8 Å². The molecule has 1 fully saturated rings. The molecule has 34 heavy (non-hydrogen) atoms. The first kappa shape index (κ1) is 22.9. The summed E-state index contributed by atoms with van der Waals surface area (Å²) in [5.41, 5.74) is 2.78. The molecule has 1 aliphatic rings. The van der Waals surface area contributed by atoms with Crippen LogP contribution < -0.4 is 14.4 Å². The fourth-order valence-electron chi connectivity index (χ4n) is 3.91. The number of anilines is 1. The van der Waals surface area contributed by atoms with Gasteiger partial charge in [0.15, 0.2) is 11.5 Å². The summed E-state index contributed by atoms with van der Waals surface area (Å²) >= 11 is 0. The maximum atomic E-state index is 12.9. The van der Waals surface area contributed by atoms with Crippen molar-refractivity contribution in [2.75, 3.05) is 45.3 Å². The highest BCUT2D eigenvalue weighted by Gasteiger charge is 2.27. The molecule has 0 spiro atoms. The molecule has 2 heterocycles. The minimum absolute atomic E-state index is 0.0226. The van der Waals surface area contributed by atoms with Crippen LogP contribution in [0, 0.1) is 18.3 Å². The average Bonchev–Trinajstić information content (AvgIpc) is 3.30. The number of oxazole rings is 1. The number of carbonyl (C=O) groups excluding carboxylic acids is 1. The lowest BCUT2D eigenvalue weighted by molar-refractivity contribution is 0.0744. The number of nitrogens with zero attached hydrogens (tertiary/aromatic N) is 4. The molecule has 1 aliphatic heterocycles. The predicted octanol–water partition coefficient (Wildman–Crippen LogP) is 4.00. The zero-order valence-corrected chi connectivity index (χ0v) is 19.4. The molecule has 1 saturated heterocycles. The second kappa shape index (κ2) is 10.1. The molecule has 1 amide bonds. The molecule has 1 aromatic heterocycles. The molecule has 0 N–H and O–H groups in total. The average molecular weight is 459 g/mol. The van der Waals surface area contributed by atoms with Gasteiger partial charge in [-0.15, -0.1) is 0 Å². The SMILES string of the molecule is COc1ccc(C=Cc2nc(C#N)c(N3CCN(C(=O)c4ccccc4C)CC3)o2)cc1OC. The van der Waals surface area contributed by atoms with Crippen LogP contribution in [0.4, 0.5) is 5.88 Å². The Bertz CT molecular complexity index is 1250. The van der Waals surface area contributed by atoms with Crippen LogP contribution in [0.3, 0.4) is 0 Å². The Hall–Kier alpha value is -4.25. The number of carbonyl (C=O) groups is 1. The van der Waals surface area contributed by atoms with Crippen LogP contribution in [0.1, 0.15) is 33.1 Å². The standard InChI is InChI=1S/C26H26N4O4/c1-18-6-4-5-7-20(18)25(31)29-12-14-30(15-13-29)26-21(17-27)28-24(34-26)11-9-19-8-10-22(32-2)23(16-19)33-3/h4-11,16H,12-15H2,1-3H3. The van der Waals surface area contributed by atoms with E-state index in [2.05, 4.69) is 11.1 Å². The highest BCUT2D eigenvalue weighted by molar-refractivity contribution is 5.95. The van der Waals surface area contributed by atoms with Gasteiger partial charge in [-0.05, 0) is 42.3 Å². The third-order valence-corrected chi connectivity index (χ3v) is 5.79. The van der Waals surface area contributed by atoms with Crippen molar-refractivity contribution >= 4 is 23.9 Å². The van der Waals surface area contributed by atoms with Crippen LogP contribution in [-0.4, -0.2) is 56.2 Å². The summed E-state index contributed by atoms with van der Waals surface area (Å²) in [5, 5.41) is 9.57. The van der Waals surface area contributed by atoms with Gasteiger partial charge in [-0.1, -0.05) is 24.3 Å². The van der Waals surface area contributed by atoms with Crippen LogP contribution in [-0.2, 0) is 0 Å². The number of aromatic nitrogens is 1. The summed E-state index contributed by atoms with van der Waals surface area (Å²) in [5.74, 6) is 2.05. The molecule has 2 aromatic carbocycles. The van der Waals surface area contributed by atoms with E-state index in [0.717, 1.165) is 16.7 Å². The van der Waals surface area contributed by atoms with E-state index in [9.17, 15) is 10.1 Å². The summed E-state index contributed by atoms with van der Waals surface area (Å²) in [4.78, 5) is 21.0. The second-order valence-electron chi connectivity index (χ2n) is 7.86. The number of hydrogen-bond donors (Lipinski definition) is 0. The van der Waals surface area contributed by atoms with Crippen molar-refractivity contribution in [2.45, 2.75) is 6.92 Å². The number of piperazine rings is 1. The molecule has 0 atom stereocenters. The number of amides is 1. The largest absolute Gasteiger partial charge is 0.493 e. The second-order valence-corrected chi connectivity index (χ2v) is 7.86. The number of nitriles is 1. The first-order valence-electron chi connectivity index (χ1n) is 10.9. The van der Waals surface area contributed by atoms with Crippen molar-refractivity contribution in [1.82, 2.24) is 9.88 Å². The first-order chi connectivity index (χ1) is 16.5. The first-order valence-corrected chi connectivity index (χ1v) is 10.9. The molecule has 0 unspecified atom stereocenters. The quantitative estimate of drug-likeness (QED) is 0.551. The Morgan fingerprint density at radius 1 is 1.06 bits per heavy atom. The van der Waals surface area contributed by atoms with E-state index < -0.39 is 0 Å². The number of methoxy groups -OCH3 is 2. The van der Waals surface area contributed by atoms with Crippen molar-refractivity contribution in [3.8, 4) is 17.6 Å². The maximum absolute atomic E-state index is 12.9. The van der Waals surface area contributed by atoms with E-state index in [0.29, 0.717) is 49.5 Å². The van der Waals surface area contributed by atoms with Gasteiger partial charge < -0.3 is 23.7 Å². The van der Waals surface area contributed by atoms with Gasteiger partial charge in [0.1, 0.15) is 6.07 Å². The summed E-state index contributed by atoms with van der Waals surface area (Å²) in [6.45, 7) is 4.13. The lowest BCUT2D eigenvalue weighted by Crippen LogP contribution is -2.49. The van der Waals surface area contributed by atoms with Crippen molar-refractivity contribution in [3.63, 3.8) is 0 Å². The minimum Gasteiger partial charge on any atom is -0.493 e. The van der Waals surface area contributed by atoms with E-state index in [-0.39, 0.29) is 11.6 Å².